The predicted molar refractivity (Wildman–Crippen MR) is 92.0 cm³/mol. The van der Waals surface area contributed by atoms with Crippen molar-refractivity contribution in [2.75, 3.05) is 6.61 Å². The fourth-order valence-electron chi connectivity index (χ4n) is 2.43. The third-order valence-corrected chi connectivity index (χ3v) is 5.50. The SMILES string of the molecule is O=C(NS(=O)(=O)C(CCCO)c1ccc(F)cc1F)c1ccc(CO)nc1. The summed E-state index contributed by atoms with van der Waals surface area (Å²) in [4.78, 5) is 16.0. The highest BCUT2D eigenvalue weighted by Crippen LogP contribution is 2.29. The van der Waals surface area contributed by atoms with Gasteiger partial charge >= 0.3 is 0 Å². The largest absolute Gasteiger partial charge is 0.396 e. The summed E-state index contributed by atoms with van der Waals surface area (Å²) in [6, 6.07) is 5.10. The lowest BCUT2D eigenvalue weighted by Gasteiger charge is -2.19. The normalized spacial score (nSPS) is 12.6. The number of aliphatic hydroxyl groups is 2. The van der Waals surface area contributed by atoms with Crippen LogP contribution in [-0.2, 0) is 16.6 Å². The first-order valence-electron chi connectivity index (χ1n) is 7.96. The second-order valence-electron chi connectivity index (χ2n) is 5.69. The van der Waals surface area contributed by atoms with Gasteiger partial charge in [-0.25, -0.2) is 21.9 Å². The van der Waals surface area contributed by atoms with Gasteiger partial charge in [0.15, 0.2) is 0 Å². The van der Waals surface area contributed by atoms with Crippen molar-refractivity contribution in [3.63, 3.8) is 0 Å². The number of hydrogen-bond acceptors (Lipinski definition) is 6. The Morgan fingerprint density at radius 3 is 2.48 bits per heavy atom. The lowest BCUT2D eigenvalue weighted by molar-refractivity contribution is 0.0980. The van der Waals surface area contributed by atoms with Gasteiger partial charge in [-0.2, -0.15) is 0 Å². The van der Waals surface area contributed by atoms with E-state index < -0.39 is 32.8 Å². The molecule has 0 aliphatic heterocycles. The van der Waals surface area contributed by atoms with Crippen LogP contribution in [0.25, 0.3) is 0 Å². The number of halogens is 2. The summed E-state index contributed by atoms with van der Waals surface area (Å²) >= 11 is 0. The van der Waals surface area contributed by atoms with Gasteiger partial charge < -0.3 is 10.2 Å². The minimum absolute atomic E-state index is 0.0311. The van der Waals surface area contributed by atoms with E-state index in [9.17, 15) is 22.0 Å². The van der Waals surface area contributed by atoms with Crippen LogP contribution >= 0.6 is 0 Å². The van der Waals surface area contributed by atoms with Gasteiger partial charge in [0.2, 0.25) is 10.0 Å². The molecular weight excluding hydrogens is 382 g/mol. The third-order valence-electron chi connectivity index (χ3n) is 3.79. The molecule has 1 amide bonds. The minimum atomic E-state index is -4.40. The lowest BCUT2D eigenvalue weighted by atomic mass is 10.1. The van der Waals surface area contributed by atoms with Crippen LogP contribution < -0.4 is 4.72 Å². The highest BCUT2D eigenvalue weighted by atomic mass is 32.2. The quantitative estimate of drug-likeness (QED) is 0.617. The minimum Gasteiger partial charge on any atom is -0.396 e. The van der Waals surface area contributed by atoms with Crippen LogP contribution in [0, 0.1) is 11.6 Å². The Bertz CT molecular complexity index is 904. The molecule has 0 fully saturated rings. The van der Waals surface area contributed by atoms with Gasteiger partial charge in [-0.3, -0.25) is 9.78 Å². The molecule has 0 saturated carbocycles. The number of nitrogens with one attached hydrogen (secondary N) is 1. The molecule has 0 aliphatic carbocycles. The molecule has 0 radical (unpaired) electrons. The van der Waals surface area contributed by atoms with E-state index in [-0.39, 0.29) is 37.2 Å². The van der Waals surface area contributed by atoms with E-state index in [4.69, 9.17) is 10.2 Å². The second-order valence-corrected chi connectivity index (χ2v) is 7.56. The number of benzene rings is 1. The number of rotatable bonds is 8. The number of aliphatic hydroxyl groups excluding tert-OH is 2. The van der Waals surface area contributed by atoms with E-state index in [1.165, 1.54) is 12.1 Å². The van der Waals surface area contributed by atoms with Gasteiger partial charge in [-0.05, 0) is 31.0 Å². The zero-order valence-corrected chi connectivity index (χ0v) is 14.9. The van der Waals surface area contributed by atoms with Gasteiger partial charge in [0.1, 0.15) is 16.9 Å². The number of aromatic nitrogens is 1. The number of pyridine rings is 1. The summed E-state index contributed by atoms with van der Waals surface area (Å²) in [6.45, 7) is -0.678. The molecule has 0 saturated heterocycles. The first-order valence-corrected chi connectivity index (χ1v) is 9.50. The van der Waals surface area contributed by atoms with Crippen molar-refractivity contribution >= 4 is 15.9 Å². The fourth-order valence-corrected chi connectivity index (χ4v) is 3.95. The van der Waals surface area contributed by atoms with E-state index in [1.807, 2.05) is 4.72 Å². The van der Waals surface area contributed by atoms with Crippen LogP contribution in [0.4, 0.5) is 8.78 Å². The maximum Gasteiger partial charge on any atom is 0.266 e. The summed E-state index contributed by atoms with van der Waals surface area (Å²) < 4.78 is 54.4. The number of amides is 1. The standard InChI is InChI=1S/C17H18F2N2O5S/c18-12-4-6-14(15(19)8-12)16(2-1-7-22)27(25,26)21-17(24)11-3-5-13(10-23)20-9-11/h3-6,8-9,16,22-23H,1-2,7,10H2,(H,21,24). The number of sulfonamides is 1. The zero-order chi connectivity index (χ0) is 20.0. The van der Waals surface area contributed by atoms with Gasteiger partial charge in [0, 0.05) is 24.4 Å². The number of carbonyl (C=O) groups is 1. The summed E-state index contributed by atoms with van der Waals surface area (Å²) in [6.07, 6.45) is 0.949. The number of nitrogens with zero attached hydrogens (tertiary/aromatic N) is 1. The average molecular weight is 400 g/mol. The molecule has 2 rings (SSSR count). The molecule has 0 aliphatic rings. The Balaban J connectivity index is 2.30. The van der Waals surface area contributed by atoms with E-state index in [0.29, 0.717) is 11.8 Å². The van der Waals surface area contributed by atoms with Crippen LogP contribution in [0.5, 0.6) is 0 Å². The average Bonchev–Trinajstić information content (AvgIpc) is 2.63. The number of hydrogen-bond donors (Lipinski definition) is 3. The molecule has 1 aromatic carbocycles. The monoisotopic (exact) mass is 400 g/mol. The van der Waals surface area contributed by atoms with Crippen LogP contribution in [0.15, 0.2) is 36.5 Å². The predicted octanol–water partition coefficient (Wildman–Crippen LogP) is 1.43. The van der Waals surface area contributed by atoms with Crippen molar-refractivity contribution in [2.24, 2.45) is 0 Å². The molecule has 1 heterocycles. The number of carbonyl (C=O) groups excluding carboxylic acids is 1. The molecule has 7 nitrogen and oxygen atoms in total. The Labute approximate surface area is 154 Å². The molecular formula is C17H18F2N2O5S. The topological polar surface area (TPSA) is 117 Å². The molecule has 3 N–H and O–H groups in total. The first kappa shape index (κ1) is 20.9. The Kier molecular flexibility index (Phi) is 6.94. The van der Waals surface area contributed by atoms with Gasteiger partial charge in [0.05, 0.1) is 17.9 Å². The Morgan fingerprint density at radius 2 is 1.93 bits per heavy atom. The van der Waals surface area contributed by atoms with Gasteiger partial charge in [-0.15, -0.1) is 0 Å². The zero-order valence-electron chi connectivity index (χ0n) is 14.1. The molecule has 1 unspecified atom stereocenters. The molecule has 1 aromatic heterocycles. The van der Waals surface area contributed by atoms with E-state index >= 15 is 0 Å². The van der Waals surface area contributed by atoms with E-state index in [0.717, 1.165) is 18.3 Å². The van der Waals surface area contributed by atoms with Crippen molar-refractivity contribution in [1.29, 1.82) is 0 Å². The van der Waals surface area contributed by atoms with Crippen LogP contribution in [0.1, 0.15) is 39.7 Å². The van der Waals surface area contributed by atoms with Crippen molar-refractivity contribution in [1.82, 2.24) is 9.71 Å². The molecule has 10 heteroatoms. The van der Waals surface area contributed by atoms with Gasteiger partial charge in [-0.1, -0.05) is 6.07 Å². The van der Waals surface area contributed by atoms with Crippen LogP contribution in [0.3, 0.4) is 0 Å². The highest BCUT2D eigenvalue weighted by molar-refractivity contribution is 7.90. The molecule has 0 spiro atoms. The second kappa shape index (κ2) is 8.98. The maximum absolute atomic E-state index is 14.1. The van der Waals surface area contributed by atoms with Gasteiger partial charge in [0.25, 0.3) is 5.91 Å². The van der Waals surface area contributed by atoms with Crippen molar-refractivity contribution in [3.05, 3.63) is 65.0 Å². The Morgan fingerprint density at radius 1 is 1.19 bits per heavy atom. The van der Waals surface area contributed by atoms with E-state index in [2.05, 4.69) is 4.98 Å². The highest BCUT2D eigenvalue weighted by Gasteiger charge is 2.31. The van der Waals surface area contributed by atoms with Crippen LogP contribution in [0.2, 0.25) is 0 Å². The molecule has 146 valence electrons. The Hall–Kier alpha value is -2.43. The summed E-state index contributed by atoms with van der Waals surface area (Å²) in [7, 11) is -4.40. The van der Waals surface area contributed by atoms with Crippen molar-refractivity contribution in [2.45, 2.75) is 24.7 Å². The molecule has 2 aromatic rings. The van der Waals surface area contributed by atoms with E-state index in [1.54, 1.807) is 0 Å². The molecule has 27 heavy (non-hydrogen) atoms. The molecule has 0 bridgehead atoms. The van der Waals surface area contributed by atoms with Crippen molar-refractivity contribution < 1.29 is 32.2 Å². The maximum atomic E-state index is 14.1. The lowest BCUT2D eigenvalue weighted by Crippen LogP contribution is -2.35. The first-order chi connectivity index (χ1) is 12.8. The summed E-state index contributed by atoms with van der Waals surface area (Å²) in [5.41, 5.74) is -0.0845. The van der Waals surface area contributed by atoms with Crippen LogP contribution in [-0.4, -0.2) is 36.1 Å². The smallest absolute Gasteiger partial charge is 0.266 e. The third kappa shape index (κ3) is 5.28. The summed E-state index contributed by atoms with van der Waals surface area (Å²) in [5.74, 6) is -2.91. The summed E-state index contributed by atoms with van der Waals surface area (Å²) in [5, 5.41) is 16.4. The fraction of sp³-hybridized carbons (Fsp3) is 0.294. The molecule has 1 atom stereocenters. The van der Waals surface area contributed by atoms with Crippen molar-refractivity contribution in [3.8, 4) is 0 Å².